The van der Waals surface area contributed by atoms with Crippen LogP contribution in [0.2, 0.25) is 0 Å². The number of aromatic nitrogens is 3. The number of para-hydroxylation sites is 2. The molecule has 0 saturated carbocycles. The maximum Gasteiger partial charge on any atom is 0.212 e. The monoisotopic (exact) mass is 432 g/mol. The van der Waals surface area contributed by atoms with Crippen LogP contribution < -0.4 is 5.73 Å². The van der Waals surface area contributed by atoms with Crippen molar-refractivity contribution in [2.45, 2.75) is 16.7 Å². The number of benzene rings is 3. The fourth-order valence-electron chi connectivity index (χ4n) is 3.59. The predicted molar refractivity (Wildman–Crippen MR) is 117 cm³/mol. The van der Waals surface area contributed by atoms with Gasteiger partial charge in [-0.1, -0.05) is 29.8 Å². The molecule has 0 aliphatic rings. The largest absolute Gasteiger partial charge is 0.384 e. The number of nitrogens with two attached hydrogens (primary N) is 1. The van der Waals surface area contributed by atoms with Gasteiger partial charge < -0.3 is 5.73 Å². The Balaban J connectivity index is 1.90. The van der Waals surface area contributed by atoms with Gasteiger partial charge in [-0.05, 0) is 55.5 Å². The summed E-state index contributed by atoms with van der Waals surface area (Å²) in [7, 11) is -4.00. The molecule has 0 fully saturated rings. The highest BCUT2D eigenvalue weighted by Crippen LogP contribution is 2.37. The van der Waals surface area contributed by atoms with Crippen molar-refractivity contribution >= 4 is 37.9 Å². The molecule has 31 heavy (non-hydrogen) atoms. The molecule has 8 heteroatoms. The first-order valence-corrected chi connectivity index (χ1v) is 11.0. The SMILES string of the molecule is Cc1ccc(S(=O)(=O)c2c(N)n(-c3ccc(F)cc3)c3nc4ccccc4nc23)cc1. The van der Waals surface area contributed by atoms with Crippen LogP contribution in [0.3, 0.4) is 0 Å². The highest BCUT2D eigenvalue weighted by molar-refractivity contribution is 7.92. The number of fused-ring (bicyclic) bond motifs is 2. The Kier molecular flexibility index (Phi) is 4.26. The number of hydrogen-bond donors (Lipinski definition) is 1. The topological polar surface area (TPSA) is 90.9 Å². The minimum absolute atomic E-state index is 0.0301. The molecule has 2 aromatic heterocycles. The van der Waals surface area contributed by atoms with E-state index in [4.69, 9.17) is 5.73 Å². The second-order valence-corrected chi connectivity index (χ2v) is 9.11. The summed E-state index contributed by atoms with van der Waals surface area (Å²) in [6, 6.07) is 19.3. The van der Waals surface area contributed by atoms with Crippen LogP contribution in [0, 0.1) is 12.7 Å². The predicted octanol–water partition coefficient (Wildman–Crippen LogP) is 4.44. The highest BCUT2D eigenvalue weighted by atomic mass is 32.2. The quantitative estimate of drug-likeness (QED) is 0.455. The Morgan fingerprint density at radius 1 is 0.871 bits per heavy atom. The molecule has 0 radical (unpaired) electrons. The fourth-order valence-corrected chi connectivity index (χ4v) is 5.08. The van der Waals surface area contributed by atoms with E-state index in [0.29, 0.717) is 16.7 Å². The van der Waals surface area contributed by atoms with Crippen LogP contribution in [0.4, 0.5) is 10.2 Å². The van der Waals surface area contributed by atoms with Crippen LogP contribution in [0.25, 0.3) is 27.9 Å². The van der Waals surface area contributed by atoms with Gasteiger partial charge in [-0.2, -0.15) is 0 Å². The van der Waals surface area contributed by atoms with Crippen LogP contribution >= 0.6 is 0 Å². The molecule has 0 unspecified atom stereocenters. The zero-order chi connectivity index (χ0) is 21.8. The maximum absolute atomic E-state index is 13.6. The Labute approximate surface area is 177 Å². The van der Waals surface area contributed by atoms with Gasteiger partial charge in [0.2, 0.25) is 9.84 Å². The lowest BCUT2D eigenvalue weighted by atomic mass is 10.2. The van der Waals surface area contributed by atoms with Crippen LogP contribution in [-0.4, -0.2) is 23.0 Å². The summed E-state index contributed by atoms with van der Waals surface area (Å²) in [6.45, 7) is 1.88. The standard InChI is InChI=1S/C23H17FN4O2S/c1-14-6-12-17(13-7-14)31(29,30)21-20-23(27-19-5-3-2-4-18(19)26-20)28(22(21)25)16-10-8-15(24)9-11-16/h2-13H,25H2,1H3. The summed E-state index contributed by atoms with van der Waals surface area (Å²) >= 11 is 0. The van der Waals surface area contributed by atoms with Gasteiger partial charge in [0, 0.05) is 5.69 Å². The van der Waals surface area contributed by atoms with Gasteiger partial charge in [0.25, 0.3) is 0 Å². The van der Waals surface area contributed by atoms with Gasteiger partial charge >= 0.3 is 0 Å². The van der Waals surface area contributed by atoms with E-state index in [0.717, 1.165) is 5.56 Å². The highest BCUT2D eigenvalue weighted by Gasteiger charge is 2.30. The molecular weight excluding hydrogens is 415 g/mol. The van der Waals surface area contributed by atoms with Crippen LogP contribution in [0.1, 0.15) is 5.56 Å². The van der Waals surface area contributed by atoms with Gasteiger partial charge in [-0.15, -0.1) is 0 Å². The van der Waals surface area contributed by atoms with Crippen molar-refractivity contribution in [3.63, 3.8) is 0 Å². The number of aryl methyl sites for hydroxylation is 1. The summed E-state index contributed by atoms with van der Waals surface area (Å²) in [4.78, 5) is 9.23. The summed E-state index contributed by atoms with van der Waals surface area (Å²) in [6.07, 6.45) is 0. The summed E-state index contributed by atoms with van der Waals surface area (Å²) in [5.41, 5.74) is 9.43. The molecule has 0 aliphatic heterocycles. The zero-order valence-electron chi connectivity index (χ0n) is 16.4. The molecule has 0 spiro atoms. The van der Waals surface area contributed by atoms with Crippen molar-refractivity contribution in [3.8, 4) is 5.69 Å². The third-order valence-corrected chi connectivity index (χ3v) is 6.97. The molecule has 5 rings (SSSR count). The Morgan fingerprint density at radius 3 is 2.13 bits per heavy atom. The molecular formula is C23H17FN4O2S. The minimum atomic E-state index is -4.00. The number of nitrogen functional groups attached to an aromatic ring is 1. The molecule has 2 N–H and O–H groups in total. The first-order chi connectivity index (χ1) is 14.9. The molecule has 0 bridgehead atoms. The van der Waals surface area contributed by atoms with Gasteiger partial charge in [-0.25, -0.2) is 22.8 Å². The van der Waals surface area contributed by atoms with Gasteiger partial charge in [0.15, 0.2) is 5.65 Å². The lowest BCUT2D eigenvalue weighted by Gasteiger charge is -2.08. The molecule has 5 aromatic rings. The summed E-state index contributed by atoms with van der Waals surface area (Å²) in [5, 5.41) is 0. The molecule has 0 aliphatic carbocycles. The van der Waals surface area contributed by atoms with E-state index < -0.39 is 15.7 Å². The number of hydrogen-bond acceptors (Lipinski definition) is 5. The summed E-state index contributed by atoms with van der Waals surface area (Å²) in [5.74, 6) is -0.444. The van der Waals surface area contributed by atoms with Gasteiger partial charge in [-0.3, -0.25) is 4.57 Å². The summed E-state index contributed by atoms with van der Waals surface area (Å²) < 4.78 is 42.2. The van der Waals surface area contributed by atoms with E-state index in [2.05, 4.69) is 9.97 Å². The smallest absolute Gasteiger partial charge is 0.212 e. The Hall–Kier alpha value is -3.78. The Bertz CT molecular complexity index is 1560. The van der Waals surface area contributed by atoms with Crippen LogP contribution in [0.5, 0.6) is 0 Å². The van der Waals surface area contributed by atoms with Crippen molar-refractivity contribution in [2.24, 2.45) is 0 Å². The zero-order valence-corrected chi connectivity index (χ0v) is 17.3. The van der Waals surface area contributed by atoms with Gasteiger partial charge in [0.05, 0.1) is 15.9 Å². The molecule has 0 amide bonds. The third-order valence-electron chi connectivity index (χ3n) is 5.14. The second kappa shape index (κ2) is 6.88. The van der Waals surface area contributed by atoms with E-state index in [1.54, 1.807) is 42.5 Å². The lowest BCUT2D eigenvalue weighted by molar-refractivity contribution is 0.597. The molecule has 0 saturated heterocycles. The lowest BCUT2D eigenvalue weighted by Crippen LogP contribution is -2.07. The first kappa shape index (κ1) is 19.2. The second-order valence-electron chi connectivity index (χ2n) is 7.23. The van der Waals surface area contributed by atoms with E-state index in [9.17, 15) is 12.8 Å². The van der Waals surface area contributed by atoms with Crippen molar-refractivity contribution in [1.29, 1.82) is 0 Å². The van der Waals surface area contributed by atoms with Crippen LogP contribution in [-0.2, 0) is 9.84 Å². The number of halogens is 1. The number of rotatable bonds is 3. The molecule has 154 valence electrons. The van der Waals surface area contributed by atoms with E-state index in [-0.39, 0.29) is 26.8 Å². The van der Waals surface area contributed by atoms with E-state index >= 15 is 0 Å². The maximum atomic E-state index is 13.6. The number of nitrogens with zero attached hydrogens (tertiary/aromatic N) is 3. The van der Waals surface area contributed by atoms with Crippen molar-refractivity contribution in [3.05, 3.63) is 84.2 Å². The van der Waals surface area contributed by atoms with E-state index in [1.807, 2.05) is 13.0 Å². The van der Waals surface area contributed by atoms with Crippen molar-refractivity contribution < 1.29 is 12.8 Å². The third kappa shape index (κ3) is 3.03. The van der Waals surface area contributed by atoms with Crippen molar-refractivity contribution in [2.75, 3.05) is 5.73 Å². The Morgan fingerprint density at radius 2 is 1.48 bits per heavy atom. The fraction of sp³-hybridized carbons (Fsp3) is 0.0435. The normalized spacial score (nSPS) is 11.9. The molecule has 3 aromatic carbocycles. The van der Waals surface area contributed by atoms with Gasteiger partial charge in [0.1, 0.15) is 22.0 Å². The van der Waals surface area contributed by atoms with E-state index in [1.165, 1.54) is 28.8 Å². The molecule has 6 nitrogen and oxygen atoms in total. The number of anilines is 1. The minimum Gasteiger partial charge on any atom is -0.384 e. The average Bonchev–Trinajstić information content (AvgIpc) is 3.04. The van der Waals surface area contributed by atoms with Crippen LogP contribution in [0.15, 0.2) is 82.6 Å². The first-order valence-electron chi connectivity index (χ1n) is 9.50. The molecule has 2 heterocycles. The average molecular weight is 432 g/mol. The van der Waals surface area contributed by atoms with Crippen molar-refractivity contribution in [1.82, 2.24) is 14.5 Å². The molecule has 0 atom stereocenters. The number of sulfone groups is 1.